The number of methoxy groups -OCH3 is 1. The van der Waals surface area contributed by atoms with Gasteiger partial charge >= 0.3 is 0 Å². The van der Waals surface area contributed by atoms with Crippen LogP contribution in [0.5, 0.6) is 0 Å². The third-order valence-electron chi connectivity index (χ3n) is 3.89. The van der Waals surface area contributed by atoms with Gasteiger partial charge in [-0.3, -0.25) is 4.79 Å². The molecule has 4 rings (SSSR count). The number of rotatable bonds is 1. The van der Waals surface area contributed by atoms with Gasteiger partial charge in [0.25, 0.3) is 0 Å². The summed E-state index contributed by atoms with van der Waals surface area (Å²) in [4.78, 5) is 12.0. The van der Waals surface area contributed by atoms with Gasteiger partial charge in [0.05, 0.1) is 6.61 Å². The molecule has 1 saturated heterocycles. The predicted octanol–water partition coefficient (Wildman–Crippen LogP) is 1.14. The molecule has 4 atom stereocenters. The maximum Gasteiger partial charge on any atom is 0.236 e. The van der Waals surface area contributed by atoms with Gasteiger partial charge < -0.3 is 9.47 Å². The van der Waals surface area contributed by atoms with Crippen LogP contribution in [0.4, 0.5) is 0 Å². The summed E-state index contributed by atoms with van der Waals surface area (Å²) in [5.74, 6) is -0.101. The predicted molar refractivity (Wildman–Crippen MR) is 49.5 cm³/mol. The lowest BCUT2D eigenvalue weighted by molar-refractivity contribution is -0.216. The largest absolute Gasteiger partial charge is 0.346 e. The van der Waals surface area contributed by atoms with E-state index in [0.717, 1.165) is 6.42 Å². The number of ether oxygens (including phenoxy) is 2. The van der Waals surface area contributed by atoms with E-state index >= 15 is 0 Å². The summed E-state index contributed by atoms with van der Waals surface area (Å²) in [6.45, 7) is 2.75. The van der Waals surface area contributed by atoms with Crippen molar-refractivity contribution in [2.75, 3.05) is 13.7 Å². The van der Waals surface area contributed by atoms with Crippen LogP contribution >= 0.6 is 0 Å². The van der Waals surface area contributed by atoms with Crippen LogP contribution < -0.4 is 0 Å². The van der Waals surface area contributed by atoms with E-state index in [-0.39, 0.29) is 17.6 Å². The summed E-state index contributed by atoms with van der Waals surface area (Å²) in [5, 5.41) is 0. The number of ketones is 1. The molecule has 0 aromatic carbocycles. The summed E-state index contributed by atoms with van der Waals surface area (Å²) >= 11 is 0. The second kappa shape index (κ2) is 2.47. The second-order valence-corrected chi connectivity index (χ2v) is 4.54. The van der Waals surface area contributed by atoms with E-state index in [1.807, 2.05) is 0 Å². The summed E-state index contributed by atoms with van der Waals surface area (Å²) in [6, 6.07) is 0. The molecule has 0 spiro atoms. The number of carbonyl (C=O) groups is 1. The van der Waals surface area contributed by atoms with Gasteiger partial charge in [-0.15, -0.1) is 0 Å². The second-order valence-electron chi connectivity index (χ2n) is 4.54. The number of hydrogen-bond donors (Lipinski definition) is 0. The Labute approximate surface area is 83.1 Å². The van der Waals surface area contributed by atoms with Gasteiger partial charge in [-0.1, -0.05) is 11.6 Å². The van der Waals surface area contributed by atoms with Crippen LogP contribution in [0.15, 0.2) is 11.6 Å². The first-order valence-corrected chi connectivity index (χ1v) is 5.11. The fraction of sp³-hybridized carbons (Fsp3) is 0.727. The Morgan fingerprint density at radius 2 is 2.43 bits per heavy atom. The van der Waals surface area contributed by atoms with Crippen molar-refractivity contribution in [2.45, 2.75) is 19.1 Å². The topological polar surface area (TPSA) is 35.5 Å². The minimum absolute atomic E-state index is 0.0347. The van der Waals surface area contributed by atoms with E-state index in [0.29, 0.717) is 12.5 Å². The summed E-state index contributed by atoms with van der Waals surface area (Å²) in [5.41, 5.74) is 1.27. The Bertz CT molecular complexity index is 333. The quantitative estimate of drug-likeness (QED) is 0.587. The fourth-order valence-electron chi connectivity index (χ4n) is 3.37. The maximum absolute atomic E-state index is 12.0. The molecule has 1 aliphatic heterocycles. The highest BCUT2D eigenvalue weighted by atomic mass is 16.7. The third kappa shape index (κ3) is 0.743. The van der Waals surface area contributed by atoms with Crippen LogP contribution in [-0.4, -0.2) is 25.3 Å². The van der Waals surface area contributed by atoms with E-state index in [1.165, 1.54) is 5.57 Å². The molecule has 3 nitrogen and oxygen atoms in total. The highest BCUT2D eigenvalue weighted by Crippen LogP contribution is 2.54. The summed E-state index contributed by atoms with van der Waals surface area (Å²) < 4.78 is 11.0. The first-order valence-electron chi connectivity index (χ1n) is 5.11. The molecule has 76 valence electrons. The molecule has 4 bridgehead atoms. The first kappa shape index (κ1) is 8.62. The number of Topliss-reactive ketones (excluding diaryl/α,β-unsaturated/α-hetero) is 1. The fourth-order valence-corrected chi connectivity index (χ4v) is 3.37. The van der Waals surface area contributed by atoms with Crippen LogP contribution in [-0.2, 0) is 14.3 Å². The van der Waals surface area contributed by atoms with E-state index in [2.05, 4.69) is 13.0 Å². The van der Waals surface area contributed by atoms with Crippen molar-refractivity contribution in [1.29, 1.82) is 0 Å². The standard InChI is InChI=1S/C11H14O3/c1-6-3-7-4-8-5-14-11(13-2,9(6)8)10(7)12/h3,7-9H,4-5H2,1-2H3/t7-,8+,9+,11-/m1/s1. The van der Waals surface area contributed by atoms with Crippen LogP contribution in [0, 0.1) is 17.8 Å². The smallest absolute Gasteiger partial charge is 0.236 e. The average Bonchev–Trinajstić information content (AvgIpc) is 2.51. The highest BCUT2D eigenvalue weighted by molar-refractivity contribution is 5.93. The lowest BCUT2D eigenvalue weighted by atomic mass is 9.63. The Balaban J connectivity index is 2.16. The van der Waals surface area contributed by atoms with Gasteiger partial charge in [0, 0.05) is 18.9 Å². The molecule has 3 heteroatoms. The maximum atomic E-state index is 12.0. The van der Waals surface area contributed by atoms with Crippen molar-refractivity contribution in [1.82, 2.24) is 0 Å². The molecule has 14 heavy (non-hydrogen) atoms. The van der Waals surface area contributed by atoms with Crippen molar-refractivity contribution in [2.24, 2.45) is 17.8 Å². The van der Waals surface area contributed by atoms with Crippen LogP contribution in [0.2, 0.25) is 0 Å². The Morgan fingerprint density at radius 1 is 1.64 bits per heavy atom. The van der Waals surface area contributed by atoms with Gasteiger partial charge in [-0.25, -0.2) is 0 Å². The summed E-state index contributed by atoms with van der Waals surface area (Å²) in [6.07, 6.45) is 3.04. The number of allylic oxidation sites excluding steroid dienone is 1. The normalized spacial score (nSPS) is 49.7. The Hall–Kier alpha value is -0.670. The minimum atomic E-state index is -0.924. The van der Waals surface area contributed by atoms with E-state index in [4.69, 9.17) is 9.47 Å². The molecule has 3 aliphatic carbocycles. The molecule has 0 aromatic rings. The van der Waals surface area contributed by atoms with E-state index in [9.17, 15) is 4.79 Å². The van der Waals surface area contributed by atoms with Crippen LogP contribution in [0.25, 0.3) is 0 Å². The Morgan fingerprint density at radius 3 is 3.07 bits per heavy atom. The molecular weight excluding hydrogens is 180 g/mol. The number of hydrogen-bond acceptors (Lipinski definition) is 3. The zero-order valence-electron chi connectivity index (χ0n) is 8.45. The van der Waals surface area contributed by atoms with Gasteiger partial charge in [0.2, 0.25) is 5.79 Å². The lowest BCUT2D eigenvalue weighted by Crippen LogP contribution is -2.55. The molecule has 0 radical (unpaired) electrons. The number of carbonyl (C=O) groups excluding carboxylic acids is 1. The van der Waals surface area contributed by atoms with Gasteiger partial charge in [-0.2, -0.15) is 0 Å². The third-order valence-corrected chi connectivity index (χ3v) is 3.89. The average molecular weight is 194 g/mol. The van der Waals surface area contributed by atoms with Crippen molar-refractivity contribution in [3.05, 3.63) is 11.6 Å². The molecule has 1 saturated carbocycles. The van der Waals surface area contributed by atoms with Crippen LogP contribution in [0.1, 0.15) is 13.3 Å². The van der Waals surface area contributed by atoms with Crippen LogP contribution in [0.3, 0.4) is 0 Å². The SMILES string of the molecule is CO[C@@]12OC[C@@H]3C[C@@H](C=C(C)[C@@H]31)C2=O. The zero-order valence-corrected chi connectivity index (χ0v) is 8.45. The highest BCUT2D eigenvalue weighted by Gasteiger charge is 2.63. The first-order chi connectivity index (χ1) is 6.69. The molecule has 2 fully saturated rings. The molecule has 0 aromatic heterocycles. The van der Waals surface area contributed by atoms with E-state index in [1.54, 1.807) is 7.11 Å². The van der Waals surface area contributed by atoms with Gasteiger partial charge in [0.15, 0.2) is 5.78 Å². The Kier molecular flexibility index (Phi) is 1.52. The van der Waals surface area contributed by atoms with Crippen molar-refractivity contribution >= 4 is 5.78 Å². The van der Waals surface area contributed by atoms with Crippen molar-refractivity contribution in [3.63, 3.8) is 0 Å². The van der Waals surface area contributed by atoms with Gasteiger partial charge in [0.1, 0.15) is 0 Å². The molecule has 1 heterocycles. The van der Waals surface area contributed by atoms with Gasteiger partial charge in [-0.05, 0) is 19.3 Å². The summed E-state index contributed by atoms with van der Waals surface area (Å²) in [7, 11) is 1.58. The molecule has 0 amide bonds. The molecule has 0 N–H and O–H groups in total. The molecular formula is C11H14O3. The zero-order chi connectivity index (χ0) is 9.92. The van der Waals surface area contributed by atoms with Crippen molar-refractivity contribution < 1.29 is 14.3 Å². The monoisotopic (exact) mass is 194 g/mol. The van der Waals surface area contributed by atoms with Crippen molar-refractivity contribution in [3.8, 4) is 0 Å². The minimum Gasteiger partial charge on any atom is -0.346 e. The molecule has 4 aliphatic rings. The molecule has 0 unspecified atom stereocenters. The van der Waals surface area contributed by atoms with E-state index < -0.39 is 5.79 Å². The lowest BCUT2D eigenvalue weighted by Gasteiger charge is -2.44.